The summed E-state index contributed by atoms with van der Waals surface area (Å²) in [6, 6.07) is 4.67. The third-order valence-corrected chi connectivity index (χ3v) is 3.49. The van der Waals surface area contributed by atoms with Gasteiger partial charge in [-0.1, -0.05) is 19.1 Å². The van der Waals surface area contributed by atoms with Crippen molar-refractivity contribution in [2.45, 2.75) is 33.4 Å². The molecule has 0 amide bonds. The average molecular weight is 308 g/mol. The lowest BCUT2D eigenvalue weighted by Gasteiger charge is -2.04. The molecule has 0 aliphatic heterocycles. The molecule has 1 aromatic carbocycles. The molecule has 2 aromatic heterocycles. The third kappa shape index (κ3) is 2.13. The zero-order chi connectivity index (χ0) is 15.9. The molecule has 3 rings (SSSR count). The number of alkyl halides is 2. The first-order valence-electron chi connectivity index (χ1n) is 6.96. The van der Waals surface area contributed by atoms with E-state index in [2.05, 4.69) is 9.84 Å². The van der Waals surface area contributed by atoms with Gasteiger partial charge in [-0.25, -0.2) is 4.68 Å². The van der Waals surface area contributed by atoms with Crippen molar-refractivity contribution in [2.24, 2.45) is 0 Å². The normalized spacial score (nSPS) is 11.7. The minimum atomic E-state index is -2.96. The first-order chi connectivity index (χ1) is 10.6. The largest absolute Gasteiger partial charge is 0.446 e. The number of hydrogen-bond donors (Lipinski definition) is 0. The Morgan fingerprint density at radius 1 is 1.32 bits per heavy atom. The van der Waals surface area contributed by atoms with E-state index in [-0.39, 0.29) is 22.5 Å². The van der Waals surface area contributed by atoms with Crippen LogP contribution in [0, 0.1) is 0 Å². The number of para-hydroxylation sites is 1. The predicted molar refractivity (Wildman–Crippen MR) is 77.5 cm³/mol. The van der Waals surface area contributed by atoms with Gasteiger partial charge in [0, 0.05) is 11.9 Å². The van der Waals surface area contributed by atoms with Gasteiger partial charge in [-0.05, 0) is 19.4 Å². The molecule has 5 nitrogen and oxygen atoms in total. The highest BCUT2D eigenvalue weighted by Gasteiger charge is 2.20. The topological polar surface area (TPSA) is 57.3 Å². The Morgan fingerprint density at radius 3 is 2.73 bits per heavy atom. The number of benzene rings is 1. The number of aromatic nitrogens is 2. The molecule has 0 radical (unpaired) electrons. The molecule has 0 atom stereocenters. The van der Waals surface area contributed by atoms with E-state index in [1.54, 1.807) is 19.1 Å². The van der Waals surface area contributed by atoms with Crippen LogP contribution in [0.5, 0.6) is 5.75 Å². The second-order valence-corrected chi connectivity index (χ2v) is 4.74. The number of aryl methyl sites for hydroxylation is 2. The maximum Gasteiger partial charge on any atom is 0.387 e. The maximum absolute atomic E-state index is 12.5. The minimum absolute atomic E-state index is 0.0896. The maximum atomic E-state index is 12.5. The second-order valence-electron chi connectivity index (χ2n) is 4.74. The van der Waals surface area contributed by atoms with Crippen molar-refractivity contribution in [3.05, 3.63) is 34.2 Å². The molecule has 2 heterocycles. The van der Waals surface area contributed by atoms with E-state index in [0.29, 0.717) is 29.4 Å². The summed E-state index contributed by atoms with van der Waals surface area (Å²) in [6.07, 6.45) is 0.589. The smallest absolute Gasteiger partial charge is 0.387 e. The fourth-order valence-electron chi connectivity index (χ4n) is 2.54. The van der Waals surface area contributed by atoms with E-state index in [9.17, 15) is 13.6 Å². The van der Waals surface area contributed by atoms with E-state index >= 15 is 0 Å². The summed E-state index contributed by atoms with van der Waals surface area (Å²) in [5.41, 5.74) is 0.563. The van der Waals surface area contributed by atoms with Crippen LogP contribution in [0.2, 0.25) is 0 Å². The lowest BCUT2D eigenvalue weighted by Crippen LogP contribution is -2.23. The van der Waals surface area contributed by atoms with Crippen molar-refractivity contribution in [1.29, 1.82) is 0 Å². The van der Waals surface area contributed by atoms with Crippen molar-refractivity contribution in [1.82, 2.24) is 9.78 Å². The van der Waals surface area contributed by atoms with Gasteiger partial charge in [0.15, 0.2) is 11.3 Å². The van der Waals surface area contributed by atoms with Crippen molar-refractivity contribution in [2.75, 3.05) is 0 Å². The summed E-state index contributed by atoms with van der Waals surface area (Å²) in [5, 5.41) is 5.42. The molecule has 0 unspecified atom stereocenters. The Balaban J connectivity index is 2.43. The number of nitrogens with zero attached hydrogens (tertiary/aromatic N) is 2. The number of halogens is 2. The van der Waals surface area contributed by atoms with Crippen LogP contribution in [0.3, 0.4) is 0 Å². The second kappa shape index (κ2) is 5.40. The molecule has 0 saturated carbocycles. The molecule has 7 heteroatoms. The van der Waals surface area contributed by atoms with Gasteiger partial charge < -0.3 is 9.15 Å². The van der Waals surface area contributed by atoms with Crippen LogP contribution in [0.15, 0.2) is 27.4 Å². The van der Waals surface area contributed by atoms with Gasteiger partial charge >= 0.3 is 12.2 Å². The summed E-state index contributed by atoms with van der Waals surface area (Å²) in [7, 11) is 0. The van der Waals surface area contributed by atoms with Gasteiger partial charge in [0.2, 0.25) is 5.58 Å². The van der Waals surface area contributed by atoms with Crippen molar-refractivity contribution in [3.8, 4) is 5.75 Å². The number of fused-ring (bicyclic) bond motifs is 3. The minimum Gasteiger partial charge on any atom is -0.446 e. The Bertz CT molecular complexity index is 899. The fraction of sp³-hybridized carbons (Fsp3) is 0.333. The Hall–Kier alpha value is -2.44. The van der Waals surface area contributed by atoms with E-state index in [0.717, 1.165) is 0 Å². The third-order valence-electron chi connectivity index (χ3n) is 3.49. The zero-order valence-electron chi connectivity index (χ0n) is 12.1. The van der Waals surface area contributed by atoms with E-state index in [1.165, 1.54) is 10.7 Å². The van der Waals surface area contributed by atoms with Crippen LogP contribution in [-0.2, 0) is 13.0 Å². The van der Waals surface area contributed by atoms with Crippen LogP contribution in [0.4, 0.5) is 8.78 Å². The average Bonchev–Trinajstić information content (AvgIpc) is 2.89. The van der Waals surface area contributed by atoms with Gasteiger partial charge in [0.25, 0.3) is 0 Å². The number of furan rings is 1. The summed E-state index contributed by atoms with van der Waals surface area (Å²) < 4.78 is 36.4. The fourth-order valence-corrected chi connectivity index (χ4v) is 2.54. The monoisotopic (exact) mass is 308 g/mol. The summed E-state index contributed by atoms with van der Waals surface area (Å²) in [5.74, 6) is -0.0896. The van der Waals surface area contributed by atoms with Crippen LogP contribution >= 0.6 is 0 Å². The van der Waals surface area contributed by atoms with Crippen molar-refractivity contribution in [3.63, 3.8) is 0 Å². The number of rotatable bonds is 4. The molecule has 3 aromatic rings. The highest BCUT2D eigenvalue weighted by Crippen LogP contribution is 2.35. The highest BCUT2D eigenvalue weighted by molar-refractivity contribution is 6.07. The van der Waals surface area contributed by atoms with E-state index in [4.69, 9.17) is 4.42 Å². The molecule has 22 heavy (non-hydrogen) atoms. The van der Waals surface area contributed by atoms with Gasteiger partial charge in [0.05, 0.1) is 11.1 Å². The molecular formula is C15H14F2N2O3. The zero-order valence-corrected chi connectivity index (χ0v) is 12.1. The predicted octanol–water partition coefficient (Wildman–Crippen LogP) is 3.33. The summed E-state index contributed by atoms with van der Waals surface area (Å²) in [6.45, 7) is 1.15. The van der Waals surface area contributed by atoms with E-state index < -0.39 is 6.61 Å². The van der Waals surface area contributed by atoms with Crippen LogP contribution < -0.4 is 10.3 Å². The molecule has 0 N–H and O–H groups in total. The molecule has 0 spiro atoms. The molecule has 0 saturated heterocycles. The van der Waals surface area contributed by atoms with Crippen LogP contribution in [0.1, 0.15) is 19.5 Å². The van der Waals surface area contributed by atoms with Gasteiger partial charge in [-0.15, -0.1) is 0 Å². The molecule has 0 bridgehead atoms. The lowest BCUT2D eigenvalue weighted by molar-refractivity contribution is -0.0493. The number of hydrogen-bond acceptors (Lipinski definition) is 4. The van der Waals surface area contributed by atoms with Gasteiger partial charge in [-0.2, -0.15) is 13.9 Å². The Kier molecular flexibility index (Phi) is 3.56. The van der Waals surface area contributed by atoms with Gasteiger partial charge in [0.1, 0.15) is 0 Å². The molecule has 0 fully saturated rings. The van der Waals surface area contributed by atoms with Crippen molar-refractivity contribution >= 4 is 21.9 Å². The van der Waals surface area contributed by atoms with E-state index in [1.807, 2.05) is 6.92 Å². The standard InChI is InChI=1S/C15H14F2N2O3/c1-3-9-11-8-6-5-7-10(21-15(16)17)12(8)22-13(11)14(20)19(4-2)18-9/h5-7,15H,3-4H2,1-2H3. The molecule has 0 aliphatic carbocycles. The van der Waals surface area contributed by atoms with Crippen molar-refractivity contribution < 1.29 is 17.9 Å². The Labute approximate surface area is 124 Å². The molecule has 0 aliphatic rings. The summed E-state index contributed by atoms with van der Waals surface area (Å²) in [4.78, 5) is 12.3. The number of ether oxygens (including phenoxy) is 1. The SMILES string of the molecule is CCc1nn(CC)c(=O)c2oc3c(OC(F)F)cccc3c12. The first kappa shape index (κ1) is 14.5. The lowest BCUT2D eigenvalue weighted by atomic mass is 10.1. The van der Waals surface area contributed by atoms with Crippen LogP contribution in [-0.4, -0.2) is 16.4 Å². The molecule has 116 valence electrons. The Morgan fingerprint density at radius 2 is 2.09 bits per heavy atom. The highest BCUT2D eigenvalue weighted by atomic mass is 19.3. The van der Waals surface area contributed by atoms with Gasteiger partial charge in [-0.3, -0.25) is 4.79 Å². The summed E-state index contributed by atoms with van der Waals surface area (Å²) >= 11 is 0. The first-order valence-corrected chi connectivity index (χ1v) is 6.96. The molecular weight excluding hydrogens is 294 g/mol. The quantitative estimate of drug-likeness (QED) is 0.742. The van der Waals surface area contributed by atoms with Crippen LogP contribution in [0.25, 0.3) is 21.9 Å².